The van der Waals surface area contributed by atoms with Crippen molar-refractivity contribution in [3.63, 3.8) is 0 Å². The maximum Gasteiger partial charge on any atom is 0.283 e. The van der Waals surface area contributed by atoms with Gasteiger partial charge in [0.05, 0.1) is 38.9 Å². The molecule has 1 heterocycles. The van der Waals surface area contributed by atoms with Crippen LogP contribution >= 0.6 is 23.1 Å². The number of anilines is 1. The first-order chi connectivity index (χ1) is 14.4. The van der Waals surface area contributed by atoms with Gasteiger partial charge < -0.3 is 10.5 Å². The van der Waals surface area contributed by atoms with Crippen molar-refractivity contribution in [3.8, 4) is 0 Å². The number of aromatic nitrogens is 1. The van der Waals surface area contributed by atoms with E-state index < -0.39 is 10.8 Å². The van der Waals surface area contributed by atoms with Crippen molar-refractivity contribution in [3.05, 3.63) is 58.1 Å². The highest BCUT2D eigenvalue weighted by atomic mass is 32.2. The fraction of sp³-hybridized carbons (Fsp3) is 0.211. The number of benzene rings is 2. The van der Waals surface area contributed by atoms with E-state index in [1.165, 1.54) is 28.4 Å². The number of rotatable bonds is 9. The molecule has 30 heavy (non-hydrogen) atoms. The number of carbonyl (C=O) groups is 2. The van der Waals surface area contributed by atoms with Crippen molar-refractivity contribution >= 4 is 55.9 Å². The molecule has 156 valence electrons. The molecule has 0 atom stereocenters. The number of carbonyl (C=O) groups excluding carboxylic acids is 2. The van der Waals surface area contributed by atoms with Crippen molar-refractivity contribution in [2.24, 2.45) is 5.73 Å². The minimum absolute atomic E-state index is 0.0357. The summed E-state index contributed by atoms with van der Waals surface area (Å²) in [4.78, 5) is 41.3. The smallest absolute Gasteiger partial charge is 0.283 e. The maximum absolute atomic E-state index is 12.9. The Hall–Kier alpha value is -3.02. The molecule has 2 amide bonds. The van der Waals surface area contributed by atoms with Gasteiger partial charge in [-0.05, 0) is 24.3 Å². The standard InChI is InChI=1S/C19H18N4O5S2/c1-28-9-8-22(19-21-13-4-2-3-5-15(13)30-19)17(24)11-29-16-7-6-12(18(20)25)10-14(16)23(26)27/h2-7,10H,8-9,11H2,1H3,(H2,20,25). The van der Waals surface area contributed by atoms with Gasteiger partial charge in [-0.15, -0.1) is 11.8 Å². The lowest BCUT2D eigenvalue weighted by Gasteiger charge is -2.19. The molecule has 2 aromatic carbocycles. The van der Waals surface area contributed by atoms with Crippen LogP contribution in [0, 0.1) is 10.1 Å². The fourth-order valence-electron chi connectivity index (χ4n) is 2.64. The molecule has 0 unspecified atom stereocenters. The number of hydrogen-bond acceptors (Lipinski definition) is 8. The zero-order valence-corrected chi connectivity index (χ0v) is 17.6. The molecule has 0 radical (unpaired) electrons. The highest BCUT2D eigenvalue weighted by Gasteiger charge is 2.22. The van der Waals surface area contributed by atoms with E-state index in [9.17, 15) is 19.7 Å². The van der Waals surface area contributed by atoms with E-state index in [0.717, 1.165) is 28.0 Å². The summed E-state index contributed by atoms with van der Waals surface area (Å²) >= 11 is 2.41. The summed E-state index contributed by atoms with van der Waals surface area (Å²) in [5, 5.41) is 11.9. The molecular formula is C19H18N4O5S2. The number of thiazole rings is 1. The number of nitro benzene ring substituents is 1. The average molecular weight is 447 g/mol. The predicted octanol–water partition coefficient (Wildman–Crippen LogP) is 3.08. The number of amides is 2. The second kappa shape index (κ2) is 9.65. The van der Waals surface area contributed by atoms with Crippen molar-refractivity contribution in [1.29, 1.82) is 0 Å². The lowest BCUT2D eigenvalue weighted by atomic mass is 10.2. The second-order valence-electron chi connectivity index (χ2n) is 6.09. The van der Waals surface area contributed by atoms with Crippen LogP contribution in [0.1, 0.15) is 10.4 Å². The number of fused-ring (bicyclic) bond motifs is 1. The van der Waals surface area contributed by atoms with Gasteiger partial charge in [-0.1, -0.05) is 23.5 Å². The number of para-hydroxylation sites is 1. The van der Waals surface area contributed by atoms with E-state index >= 15 is 0 Å². The molecule has 1 aromatic heterocycles. The van der Waals surface area contributed by atoms with Crippen LogP contribution in [0.5, 0.6) is 0 Å². The summed E-state index contributed by atoms with van der Waals surface area (Å²) in [6, 6.07) is 11.5. The zero-order valence-electron chi connectivity index (χ0n) is 15.9. The number of nitrogens with zero attached hydrogens (tertiary/aromatic N) is 3. The van der Waals surface area contributed by atoms with Crippen LogP contribution in [0.25, 0.3) is 10.2 Å². The first kappa shape index (κ1) is 21.7. The van der Waals surface area contributed by atoms with Gasteiger partial charge in [0, 0.05) is 18.7 Å². The Morgan fingerprint density at radius 3 is 2.73 bits per heavy atom. The molecule has 0 aliphatic carbocycles. The minimum Gasteiger partial charge on any atom is -0.383 e. The molecule has 0 bridgehead atoms. The van der Waals surface area contributed by atoms with E-state index in [1.54, 1.807) is 7.11 Å². The maximum atomic E-state index is 12.9. The fourth-order valence-corrected chi connectivity index (χ4v) is 4.53. The summed E-state index contributed by atoms with van der Waals surface area (Å²) in [6.07, 6.45) is 0. The molecule has 9 nitrogen and oxygen atoms in total. The normalized spacial score (nSPS) is 10.8. The van der Waals surface area contributed by atoms with Crippen molar-refractivity contribution in [2.75, 3.05) is 30.9 Å². The van der Waals surface area contributed by atoms with Gasteiger partial charge in [-0.2, -0.15) is 0 Å². The van der Waals surface area contributed by atoms with Crippen LogP contribution in [-0.4, -0.2) is 47.7 Å². The summed E-state index contributed by atoms with van der Waals surface area (Å²) in [5.74, 6) is -1.06. The third kappa shape index (κ3) is 4.93. The minimum atomic E-state index is -0.757. The van der Waals surface area contributed by atoms with Crippen LogP contribution < -0.4 is 10.6 Å². The summed E-state index contributed by atoms with van der Waals surface area (Å²) in [6.45, 7) is 0.623. The highest BCUT2D eigenvalue weighted by molar-refractivity contribution is 8.00. The number of nitrogens with two attached hydrogens (primary N) is 1. The summed E-state index contributed by atoms with van der Waals surface area (Å²) < 4.78 is 6.06. The molecule has 0 aliphatic rings. The first-order valence-electron chi connectivity index (χ1n) is 8.76. The number of hydrogen-bond donors (Lipinski definition) is 1. The van der Waals surface area contributed by atoms with Crippen molar-refractivity contribution in [2.45, 2.75) is 4.90 Å². The number of thioether (sulfide) groups is 1. The van der Waals surface area contributed by atoms with Crippen molar-refractivity contribution in [1.82, 2.24) is 4.98 Å². The Morgan fingerprint density at radius 1 is 1.30 bits per heavy atom. The molecule has 0 fully saturated rings. The Morgan fingerprint density at radius 2 is 2.07 bits per heavy atom. The largest absolute Gasteiger partial charge is 0.383 e. The zero-order chi connectivity index (χ0) is 21.7. The quantitative estimate of drug-likeness (QED) is 0.304. The number of methoxy groups -OCH3 is 1. The monoisotopic (exact) mass is 446 g/mol. The van der Waals surface area contributed by atoms with Gasteiger partial charge >= 0.3 is 0 Å². The van der Waals surface area contributed by atoms with Gasteiger partial charge in [-0.25, -0.2) is 4.98 Å². The van der Waals surface area contributed by atoms with Gasteiger partial charge in [0.1, 0.15) is 0 Å². The van der Waals surface area contributed by atoms with E-state index in [4.69, 9.17) is 10.5 Å². The first-order valence-corrected chi connectivity index (χ1v) is 10.6. The van der Waals surface area contributed by atoms with E-state index in [-0.39, 0.29) is 27.8 Å². The van der Waals surface area contributed by atoms with Crippen LogP contribution in [0.4, 0.5) is 10.8 Å². The number of nitro groups is 1. The lowest BCUT2D eigenvalue weighted by molar-refractivity contribution is -0.387. The molecule has 2 N–H and O–H groups in total. The molecule has 3 aromatic rings. The van der Waals surface area contributed by atoms with Crippen LogP contribution in [-0.2, 0) is 9.53 Å². The Balaban J connectivity index is 1.81. The average Bonchev–Trinajstić information content (AvgIpc) is 3.16. The van der Waals surface area contributed by atoms with E-state index in [0.29, 0.717) is 18.3 Å². The molecule has 0 spiro atoms. The molecule has 3 rings (SSSR count). The van der Waals surface area contributed by atoms with Gasteiger partial charge in [0.25, 0.3) is 5.69 Å². The van der Waals surface area contributed by atoms with Crippen LogP contribution in [0.15, 0.2) is 47.4 Å². The predicted molar refractivity (Wildman–Crippen MR) is 116 cm³/mol. The summed E-state index contributed by atoms with van der Waals surface area (Å²) in [7, 11) is 1.54. The highest BCUT2D eigenvalue weighted by Crippen LogP contribution is 2.32. The molecule has 0 saturated heterocycles. The SMILES string of the molecule is COCCN(C(=O)CSc1ccc(C(N)=O)cc1[N+](=O)[O-])c1nc2ccccc2s1. The van der Waals surface area contributed by atoms with Crippen LogP contribution in [0.2, 0.25) is 0 Å². The van der Waals surface area contributed by atoms with Gasteiger partial charge in [-0.3, -0.25) is 24.6 Å². The molecule has 0 aliphatic heterocycles. The Labute approximate surface area is 180 Å². The Kier molecular flexibility index (Phi) is 6.98. The lowest BCUT2D eigenvalue weighted by Crippen LogP contribution is -2.35. The summed E-state index contributed by atoms with van der Waals surface area (Å²) in [5.41, 5.74) is 5.75. The Bertz CT molecular complexity index is 1070. The number of primary amides is 1. The van der Waals surface area contributed by atoms with Crippen molar-refractivity contribution < 1.29 is 19.2 Å². The third-order valence-corrected chi connectivity index (χ3v) is 6.23. The van der Waals surface area contributed by atoms with Crippen LogP contribution in [0.3, 0.4) is 0 Å². The van der Waals surface area contributed by atoms with Gasteiger partial charge in [0.2, 0.25) is 11.8 Å². The van der Waals surface area contributed by atoms with E-state index in [1.807, 2.05) is 24.3 Å². The topological polar surface area (TPSA) is 129 Å². The molecule has 0 saturated carbocycles. The molecule has 11 heteroatoms. The molecular weight excluding hydrogens is 428 g/mol. The third-order valence-electron chi connectivity index (χ3n) is 4.12. The number of ether oxygens (including phenoxy) is 1. The second-order valence-corrected chi connectivity index (χ2v) is 8.12. The van der Waals surface area contributed by atoms with E-state index in [2.05, 4.69) is 4.98 Å². The van der Waals surface area contributed by atoms with Gasteiger partial charge in [0.15, 0.2) is 5.13 Å².